The number of hydrogen-bond acceptors (Lipinski definition) is 6. The molecule has 2 aromatic rings. The number of nitrogens with one attached hydrogen (secondary N) is 1. The van der Waals surface area contributed by atoms with Gasteiger partial charge < -0.3 is 14.8 Å². The quantitative estimate of drug-likeness (QED) is 0.688. The first-order valence-corrected chi connectivity index (χ1v) is 11.6. The van der Waals surface area contributed by atoms with Gasteiger partial charge in [0.2, 0.25) is 5.91 Å². The molecule has 1 amide bonds. The Kier molecular flexibility index (Phi) is 7.97. The fourth-order valence-corrected chi connectivity index (χ4v) is 4.57. The number of pyridine rings is 1. The third-order valence-corrected chi connectivity index (χ3v) is 6.22. The van der Waals surface area contributed by atoms with Gasteiger partial charge >= 0.3 is 0 Å². The zero-order valence-corrected chi connectivity index (χ0v) is 19.3. The molecule has 4 rings (SSSR count). The second kappa shape index (κ2) is 11.1. The van der Waals surface area contributed by atoms with Crippen LogP contribution in [0.3, 0.4) is 0 Å². The van der Waals surface area contributed by atoms with Crippen molar-refractivity contribution in [1.82, 2.24) is 20.1 Å². The molecule has 172 valence electrons. The normalized spacial score (nSPS) is 20.6. The van der Waals surface area contributed by atoms with Gasteiger partial charge in [0.1, 0.15) is 11.9 Å². The topological polar surface area (TPSA) is 66.9 Å². The van der Waals surface area contributed by atoms with Gasteiger partial charge in [0.05, 0.1) is 19.3 Å². The van der Waals surface area contributed by atoms with E-state index in [1.54, 1.807) is 12.4 Å². The minimum atomic E-state index is 0.0536. The van der Waals surface area contributed by atoms with Crippen molar-refractivity contribution < 1.29 is 14.3 Å². The Bertz CT molecular complexity index is 892. The van der Waals surface area contributed by atoms with Crippen molar-refractivity contribution in [3.63, 3.8) is 0 Å². The summed E-state index contributed by atoms with van der Waals surface area (Å²) in [6.45, 7) is 7.94. The van der Waals surface area contributed by atoms with Gasteiger partial charge in [-0.3, -0.25) is 19.6 Å². The number of ether oxygens (including phenoxy) is 2. The van der Waals surface area contributed by atoms with E-state index in [-0.39, 0.29) is 18.1 Å². The van der Waals surface area contributed by atoms with Gasteiger partial charge in [-0.25, -0.2) is 0 Å². The van der Waals surface area contributed by atoms with Crippen molar-refractivity contribution in [2.75, 3.05) is 45.9 Å². The van der Waals surface area contributed by atoms with E-state index in [4.69, 9.17) is 21.1 Å². The number of rotatable bonds is 7. The van der Waals surface area contributed by atoms with Gasteiger partial charge in [0, 0.05) is 68.7 Å². The van der Waals surface area contributed by atoms with Gasteiger partial charge in [-0.2, -0.15) is 0 Å². The highest BCUT2D eigenvalue weighted by atomic mass is 35.5. The average Bonchev–Trinajstić information content (AvgIpc) is 2.96. The molecule has 8 heteroatoms. The third-order valence-electron chi connectivity index (χ3n) is 5.98. The lowest BCUT2D eigenvalue weighted by molar-refractivity contribution is -0.121. The highest BCUT2D eigenvalue weighted by Gasteiger charge is 2.24. The van der Waals surface area contributed by atoms with E-state index < -0.39 is 0 Å². The van der Waals surface area contributed by atoms with Gasteiger partial charge in [0.15, 0.2) is 0 Å². The van der Waals surface area contributed by atoms with E-state index in [9.17, 15) is 4.79 Å². The number of amides is 1. The van der Waals surface area contributed by atoms with Crippen molar-refractivity contribution in [2.24, 2.45) is 0 Å². The van der Waals surface area contributed by atoms with Crippen molar-refractivity contribution in [1.29, 1.82) is 0 Å². The highest BCUT2D eigenvalue weighted by Crippen LogP contribution is 2.28. The van der Waals surface area contributed by atoms with Crippen LogP contribution < -0.4 is 10.1 Å². The van der Waals surface area contributed by atoms with Crippen LogP contribution in [0.5, 0.6) is 5.75 Å². The third kappa shape index (κ3) is 6.19. The van der Waals surface area contributed by atoms with Crippen LogP contribution in [0.25, 0.3) is 0 Å². The maximum absolute atomic E-state index is 12.7. The molecule has 0 radical (unpaired) electrons. The molecule has 32 heavy (non-hydrogen) atoms. The molecule has 2 atom stereocenters. The summed E-state index contributed by atoms with van der Waals surface area (Å²) in [4.78, 5) is 21.5. The summed E-state index contributed by atoms with van der Waals surface area (Å²) in [5.41, 5.74) is 2.22. The number of fused-ring (bicyclic) bond motifs is 1. The van der Waals surface area contributed by atoms with Gasteiger partial charge in [0.25, 0.3) is 0 Å². The number of aromatic nitrogens is 1. The average molecular weight is 459 g/mol. The predicted molar refractivity (Wildman–Crippen MR) is 124 cm³/mol. The molecule has 1 saturated heterocycles. The minimum absolute atomic E-state index is 0.0536. The summed E-state index contributed by atoms with van der Waals surface area (Å²) >= 11 is 6.17. The molecule has 1 N–H and O–H groups in total. The molecular formula is C24H31ClN4O3. The standard InChI is InChI=1S/C24H31ClN4O3/c1-18-16-28(17-20-14-21(25)2-3-23(20)32-18)9-6-24(30)27-15-22(19-4-7-26-8-5-19)29-10-12-31-13-11-29/h2-5,7-8,14,18,22H,6,9-13,15-17H2,1H3,(H,27,30)/t18-,22+/m0/s1. The molecule has 7 nitrogen and oxygen atoms in total. The summed E-state index contributed by atoms with van der Waals surface area (Å²) < 4.78 is 11.5. The molecule has 0 aliphatic carbocycles. The molecule has 0 unspecified atom stereocenters. The van der Waals surface area contributed by atoms with Gasteiger partial charge in [-0.05, 0) is 42.8 Å². The van der Waals surface area contributed by atoms with Crippen LogP contribution in [0.2, 0.25) is 5.02 Å². The maximum Gasteiger partial charge on any atom is 0.221 e. The fraction of sp³-hybridized carbons (Fsp3) is 0.500. The first-order valence-electron chi connectivity index (χ1n) is 11.2. The van der Waals surface area contributed by atoms with Crippen molar-refractivity contribution in [3.05, 3.63) is 58.9 Å². The van der Waals surface area contributed by atoms with Crippen LogP contribution in [-0.2, 0) is 16.1 Å². The van der Waals surface area contributed by atoms with Gasteiger partial charge in [-0.15, -0.1) is 0 Å². The fourth-order valence-electron chi connectivity index (χ4n) is 4.37. The lowest BCUT2D eigenvalue weighted by Gasteiger charge is -2.34. The number of morpholine rings is 1. The van der Waals surface area contributed by atoms with Crippen LogP contribution in [0.4, 0.5) is 0 Å². The zero-order valence-electron chi connectivity index (χ0n) is 18.5. The molecule has 1 fully saturated rings. The van der Waals surface area contributed by atoms with E-state index in [1.807, 2.05) is 30.3 Å². The lowest BCUT2D eigenvalue weighted by atomic mass is 10.1. The van der Waals surface area contributed by atoms with E-state index in [0.717, 1.165) is 56.3 Å². The number of hydrogen-bond donors (Lipinski definition) is 1. The van der Waals surface area contributed by atoms with Crippen molar-refractivity contribution in [2.45, 2.75) is 32.0 Å². The van der Waals surface area contributed by atoms with Crippen LogP contribution >= 0.6 is 11.6 Å². The Hall–Kier alpha value is -2.19. The Labute approximate surface area is 194 Å². The monoisotopic (exact) mass is 458 g/mol. The number of halogens is 1. The first-order chi connectivity index (χ1) is 15.6. The zero-order chi connectivity index (χ0) is 22.3. The summed E-state index contributed by atoms with van der Waals surface area (Å²) in [7, 11) is 0. The van der Waals surface area contributed by atoms with E-state index in [0.29, 0.717) is 24.5 Å². The van der Waals surface area contributed by atoms with Crippen LogP contribution in [0.1, 0.15) is 30.5 Å². The van der Waals surface area contributed by atoms with E-state index >= 15 is 0 Å². The number of carbonyl (C=O) groups excluding carboxylic acids is 1. The smallest absolute Gasteiger partial charge is 0.221 e. The maximum atomic E-state index is 12.7. The summed E-state index contributed by atoms with van der Waals surface area (Å²) in [5.74, 6) is 0.931. The van der Waals surface area contributed by atoms with Crippen molar-refractivity contribution >= 4 is 17.5 Å². The Balaban J connectivity index is 1.32. The largest absolute Gasteiger partial charge is 0.489 e. The second-order valence-corrected chi connectivity index (χ2v) is 8.85. The first kappa shape index (κ1) is 23.0. The number of carbonyl (C=O) groups is 1. The highest BCUT2D eigenvalue weighted by molar-refractivity contribution is 6.30. The van der Waals surface area contributed by atoms with Crippen molar-refractivity contribution in [3.8, 4) is 5.75 Å². The Morgan fingerprint density at radius 2 is 2.03 bits per heavy atom. The molecule has 2 aliphatic rings. The molecule has 1 aromatic heterocycles. The molecular weight excluding hydrogens is 428 g/mol. The summed E-state index contributed by atoms with van der Waals surface area (Å²) in [6, 6.07) is 9.88. The number of benzene rings is 1. The molecule has 3 heterocycles. The summed E-state index contributed by atoms with van der Waals surface area (Å²) in [6.07, 6.45) is 4.10. The van der Waals surface area contributed by atoms with E-state index in [2.05, 4.69) is 27.0 Å². The minimum Gasteiger partial charge on any atom is -0.489 e. The van der Waals surface area contributed by atoms with Crippen LogP contribution in [-0.4, -0.2) is 72.7 Å². The Morgan fingerprint density at radius 3 is 2.81 bits per heavy atom. The van der Waals surface area contributed by atoms with Gasteiger partial charge in [-0.1, -0.05) is 11.6 Å². The molecule has 0 spiro atoms. The molecule has 1 aromatic carbocycles. The Morgan fingerprint density at radius 1 is 1.25 bits per heavy atom. The number of nitrogens with zero attached hydrogens (tertiary/aromatic N) is 3. The molecule has 0 bridgehead atoms. The summed E-state index contributed by atoms with van der Waals surface area (Å²) in [5, 5.41) is 3.85. The second-order valence-electron chi connectivity index (χ2n) is 8.41. The lowest BCUT2D eigenvalue weighted by Crippen LogP contribution is -2.44. The predicted octanol–water partition coefficient (Wildman–Crippen LogP) is 2.90. The molecule has 2 aliphatic heterocycles. The van der Waals surface area contributed by atoms with Crippen LogP contribution in [0, 0.1) is 0 Å². The molecule has 0 saturated carbocycles. The van der Waals surface area contributed by atoms with Crippen LogP contribution in [0.15, 0.2) is 42.7 Å². The SMILES string of the molecule is C[C@H]1CN(CCC(=O)NC[C@H](c2ccncc2)N2CCOCC2)Cc2cc(Cl)ccc2O1. The van der Waals surface area contributed by atoms with E-state index in [1.165, 1.54) is 0 Å².